The molecule has 0 amide bonds. The van der Waals surface area contributed by atoms with Gasteiger partial charge >= 0.3 is 12.1 Å². The summed E-state index contributed by atoms with van der Waals surface area (Å²) in [4.78, 5) is 12.3. The predicted molar refractivity (Wildman–Crippen MR) is 100 cm³/mol. The lowest BCUT2D eigenvalue weighted by molar-refractivity contribution is -0.168. The number of ether oxygens (including phenoxy) is 1. The summed E-state index contributed by atoms with van der Waals surface area (Å²) < 4.78 is 57.5. The first-order valence-corrected chi connectivity index (χ1v) is 8.69. The number of esters is 1. The average molecular weight is 406 g/mol. The Morgan fingerprint density at radius 3 is 2.48 bits per heavy atom. The van der Waals surface area contributed by atoms with Crippen LogP contribution in [-0.2, 0) is 16.1 Å². The second-order valence-electron chi connectivity index (χ2n) is 7.23. The summed E-state index contributed by atoms with van der Waals surface area (Å²) in [6, 6.07) is 13.0. The average Bonchev–Trinajstić information content (AvgIpc) is 2.99. The highest BCUT2D eigenvalue weighted by molar-refractivity contribution is 5.93. The van der Waals surface area contributed by atoms with Gasteiger partial charge in [-0.25, -0.2) is 4.39 Å². The highest BCUT2D eigenvalue weighted by Crippen LogP contribution is 2.32. The van der Waals surface area contributed by atoms with E-state index >= 15 is 0 Å². The molecule has 4 nitrogen and oxygen atoms in total. The molecule has 29 heavy (non-hydrogen) atoms. The summed E-state index contributed by atoms with van der Waals surface area (Å²) >= 11 is 0. The van der Waals surface area contributed by atoms with Crippen molar-refractivity contribution in [2.24, 2.45) is 5.41 Å². The molecule has 0 spiro atoms. The van der Waals surface area contributed by atoms with Gasteiger partial charge < -0.3 is 4.74 Å². The molecule has 1 aromatic heterocycles. The SMILES string of the molecule is C=C(OC(=O)C(C)(C)Cn1nc(-c2cccc(F)c2)c2ccccc21)C(F)(F)F. The molecule has 0 fully saturated rings. The molecule has 0 aliphatic rings. The molecular weight excluding hydrogens is 388 g/mol. The Kier molecular flexibility index (Phi) is 5.21. The molecule has 0 atom stereocenters. The number of benzene rings is 2. The first-order valence-electron chi connectivity index (χ1n) is 8.69. The van der Waals surface area contributed by atoms with E-state index < -0.39 is 29.1 Å². The highest BCUT2D eigenvalue weighted by atomic mass is 19.4. The minimum atomic E-state index is -4.82. The maximum Gasteiger partial charge on any atom is 0.449 e. The predicted octanol–water partition coefficient (Wildman–Crippen LogP) is 5.49. The van der Waals surface area contributed by atoms with Crippen LogP contribution in [0.4, 0.5) is 17.6 Å². The third kappa shape index (κ3) is 4.31. The Hall–Kier alpha value is -3.16. The van der Waals surface area contributed by atoms with Crippen LogP contribution in [0.5, 0.6) is 0 Å². The molecule has 2 aromatic carbocycles. The van der Waals surface area contributed by atoms with E-state index in [1.165, 1.54) is 30.7 Å². The Morgan fingerprint density at radius 2 is 1.83 bits per heavy atom. The number of carbonyl (C=O) groups is 1. The van der Waals surface area contributed by atoms with Crippen LogP contribution in [0, 0.1) is 11.2 Å². The number of aromatic nitrogens is 2. The van der Waals surface area contributed by atoms with Crippen molar-refractivity contribution >= 4 is 16.9 Å². The smallest absolute Gasteiger partial charge is 0.422 e. The van der Waals surface area contributed by atoms with E-state index in [0.29, 0.717) is 16.8 Å². The fourth-order valence-electron chi connectivity index (χ4n) is 2.84. The standard InChI is InChI=1S/C21H18F4N2O2/c1-13(21(23,24)25)29-19(28)20(2,3)12-27-17-10-5-4-9-16(17)18(26-27)14-7-6-8-15(22)11-14/h4-11H,1,12H2,2-3H3. The molecular formula is C21H18F4N2O2. The molecule has 1 heterocycles. The second kappa shape index (κ2) is 7.35. The number of alkyl halides is 3. The molecule has 0 radical (unpaired) electrons. The summed E-state index contributed by atoms with van der Waals surface area (Å²) in [5.74, 6) is -3.07. The first-order chi connectivity index (χ1) is 13.5. The normalized spacial score (nSPS) is 12.2. The molecule has 0 unspecified atom stereocenters. The van der Waals surface area contributed by atoms with Crippen molar-refractivity contribution in [2.75, 3.05) is 0 Å². The Bertz CT molecular complexity index is 1080. The summed E-state index contributed by atoms with van der Waals surface area (Å²) in [6.45, 7) is 5.62. The van der Waals surface area contributed by atoms with Crippen molar-refractivity contribution in [3.05, 3.63) is 66.7 Å². The topological polar surface area (TPSA) is 44.1 Å². The van der Waals surface area contributed by atoms with Crippen molar-refractivity contribution in [3.63, 3.8) is 0 Å². The molecule has 0 saturated heterocycles. The highest BCUT2D eigenvalue weighted by Gasteiger charge is 2.39. The molecule has 0 N–H and O–H groups in total. The summed E-state index contributed by atoms with van der Waals surface area (Å²) in [6.07, 6.45) is -4.82. The van der Waals surface area contributed by atoms with Gasteiger partial charge in [-0.15, -0.1) is 0 Å². The Morgan fingerprint density at radius 1 is 1.14 bits per heavy atom. The van der Waals surface area contributed by atoms with Crippen LogP contribution in [0.1, 0.15) is 13.8 Å². The minimum Gasteiger partial charge on any atom is -0.422 e. The van der Waals surface area contributed by atoms with Gasteiger partial charge in [-0.1, -0.05) is 36.9 Å². The number of allylic oxidation sites excluding steroid dienone is 1. The maximum absolute atomic E-state index is 13.7. The van der Waals surface area contributed by atoms with E-state index in [4.69, 9.17) is 0 Å². The van der Waals surface area contributed by atoms with E-state index in [1.54, 1.807) is 36.4 Å². The van der Waals surface area contributed by atoms with Gasteiger partial charge in [-0.05, 0) is 32.0 Å². The van der Waals surface area contributed by atoms with Crippen LogP contribution in [0.25, 0.3) is 22.2 Å². The van der Waals surface area contributed by atoms with Gasteiger partial charge in [0.2, 0.25) is 5.76 Å². The number of carbonyl (C=O) groups excluding carboxylic acids is 1. The van der Waals surface area contributed by atoms with Crippen molar-refractivity contribution in [2.45, 2.75) is 26.6 Å². The largest absolute Gasteiger partial charge is 0.449 e. The van der Waals surface area contributed by atoms with E-state index in [1.807, 2.05) is 0 Å². The number of hydrogen-bond acceptors (Lipinski definition) is 3. The quantitative estimate of drug-likeness (QED) is 0.320. The molecule has 152 valence electrons. The number of nitrogens with zero attached hydrogens (tertiary/aromatic N) is 2. The van der Waals surface area contributed by atoms with E-state index in [0.717, 1.165) is 5.39 Å². The maximum atomic E-state index is 13.7. The summed E-state index contributed by atoms with van der Waals surface area (Å²) in [5, 5.41) is 5.22. The van der Waals surface area contributed by atoms with E-state index in [-0.39, 0.29) is 6.54 Å². The number of halogens is 4. The van der Waals surface area contributed by atoms with Gasteiger partial charge in [0.15, 0.2) is 0 Å². The van der Waals surface area contributed by atoms with E-state index in [9.17, 15) is 22.4 Å². The number of hydrogen-bond donors (Lipinski definition) is 0. The van der Waals surface area contributed by atoms with Crippen LogP contribution < -0.4 is 0 Å². The van der Waals surface area contributed by atoms with Crippen LogP contribution in [0.15, 0.2) is 60.9 Å². The fourth-order valence-corrected chi connectivity index (χ4v) is 2.84. The first kappa shape index (κ1) is 20.6. The zero-order valence-electron chi connectivity index (χ0n) is 15.8. The molecule has 0 saturated carbocycles. The summed E-state index contributed by atoms with van der Waals surface area (Å²) in [7, 11) is 0. The molecule has 8 heteroatoms. The van der Waals surface area contributed by atoms with Crippen LogP contribution in [0.3, 0.4) is 0 Å². The minimum absolute atomic E-state index is 0.0488. The summed E-state index contributed by atoms with van der Waals surface area (Å²) in [5.41, 5.74) is 0.374. The van der Waals surface area contributed by atoms with Crippen molar-refractivity contribution < 1.29 is 27.1 Å². The molecule has 0 aliphatic heterocycles. The lowest BCUT2D eigenvalue weighted by atomic mass is 9.93. The third-order valence-corrected chi connectivity index (χ3v) is 4.39. The molecule has 0 bridgehead atoms. The van der Waals surface area contributed by atoms with Crippen molar-refractivity contribution in [3.8, 4) is 11.3 Å². The molecule has 3 rings (SSSR count). The van der Waals surface area contributed by atoms with Crippen molar-refractivity contribution in [1.29, 1.82) is 0 Å². The Balaban J connectivity index is 1.96. The van der Waals surface area contributed by atoms with Crippen LogP contribution in [-0.4, -0.2) is 21.9 Å². The zero-order valence-corrected chi connectivity index (χ0v) is 15.8. The molecule has 0 aliphatic carbocycles. The lowest BCUT2D eigenvalue weighted by Crippen LogP contribution is -2.33. The van der Waals surface area contributed by atoms with Gasteiger partial charge in [-0.3, -0.25) is 9.48 Å². The second-order valence-corrected chi connectivity index (χ2v) is 7.23. The fraction of sp³-hybridized carbons (Fsp3) is 0.238. The van der Waals surface area contributed by atoms with Gasteiger partial charge in [0.05, 0.1) is 17.5 Å². The number of rotatable bonds is 5. The van der Waals surface area contributed by atoms with Gasteiger partial charge in [0, 0.05) is 10.9 Å². The molecule has 3 aromatic rings. The van der Waals surface area contributed by atoms with E-state index in [2.05, 4.69) is 16.4 Å². The van der Waals surface area contributed by atoms with Gasteiger partial charge in [0.25, 0.3) is 0 Å². The van der Waals surface area contributed by atoms with Crippen molar-refractivity contribution in [1.82, 2.24) is 9.78 Å². The van der Waals surface area contributed by atoms with Gasteiger partial charge in [0.1, 0.15) is 11.5 Å². The lowest BCUT2D eigenvalue weighted by Gasteiger charge is -2.23. The number of para-hydroxylation sites is 1. The van der Waals surface area contributed by atoms with Crippen LogP contribution in [0.2, 0.25) is 0 Å². The monoisotopic (exact) mass is 406 g/mol. The zero-order chi connectivity index (χ0) is 21.4. The Labute approximate surface area is 164 Å². The van der Waals surface area contributed by atoms with Gasteiger partial charge in [-0.2, -0.15) is 18.3 Å². The number of fused-ring (bicyclic) bond motifs is 1. The van der Waals surface area contributed by atoms with Crippen LogP contribution >= 0.6 is 0 Å². The third-order valence-electron chi connectivity index (χ3n) is 4.39.